The maximum absolute atomic E-state index is 8.78. The van der Waals surface area contributed by atoms with Crippen LogP contribution in [0.3, 0.4) is 0 Å². The van der Waals surface area contributed by atoms with E-state index in [-0.39, 0.29) is 11.8 Å². The minimum atomic E-state index is 0.170. The van der Waals surface area contributed by atoms with Crippen molar-refractivity contribution in [1.82, 2.24) is 25.1 Å². The zero-order valence-electron chi connectivity index (χ0n) is 14.6. The molecule has 2 N–H and O–H groups in total. The molecule has 2 aromatic heterocycles. The predicted octanol–water partition coefficient (Wildman–Crippen LogP) is 1.76. The number of halogens is 1. The Morgan fingerprint density at radius 3 is 2.89 bits per heavy atom. The van der Waals surface area contributed by atoms with E-state index < -0.39 is 0 Å². The number of hydrogen-bond donors (Lipinski definition) is 2. The molecule has 0 unspecified atom stereocenters. The summed E-state index contributed by atoms with van der Waals surface area (Å²) in [4.78, 5) is 10.6. The van der Waals surface area contributed by atoms with Crippen LogP contribution in [0.25, 0.3) is 0 Å². The number of nitrogens with zero attached hydrogens (tertiary/aromatic N) is 6. The van der Waals surface area contributed by atoms with Crippen molar-refractivity contribution in [3.05, 3.63) is 27.9 Å². The van der Waals surface area contributed by atoms with Gasteiger partial charge in [0.1, 0.15) is 15.6 Å². The Hall–Kier alpha value is -2.10. The molecule has 10 heteroatoms. The number of hydrogen-bond acceptors (Lipinski definition) is 9. The van der Waals surface area contributed by atoms with Crippen molar-refractivity contribution in [1.29, 1.82) is 5.26 Å². The van der Waals surface area contributed by atoms with Gasteiger partial charge in [-0.05, 0) is 35.4 Å². The molecule has 1 atom stereocenters. The van der Waals surface area contributed by atoms with Crippen LogP contribution in [0.2, 0.25) is 0 Å². The minimum Gasteiger partial charge on any atom is -0.380 e. The SMILES string of the molecule is N#Cc1cnc(Nc2cc(NC[C@@H]3CN(C4CC4)CCO3)c(I)nn2)cn1. The summed E-state index contributed by atoms with van der Waals surface area (Å²) in [7, 11) is 0. The second-order valence-corrected chi connectivity index (χ2v) is 7.58. The molecule has 4 rings (SSSR count). The minimum absolute atomic E-state index is 0.170. The van der Waals surface area contributed by atoms with Gasteiger partial charge in [-0.15, -0.1) is 10.2 Å². The molecule has 0 aromatic carbocycles. The Kier molecular flexibility index (Phi) is 5.61. The lowest BCUT2D eigenvalue weighted by atomic mass is 10.2. The van der Waals surface area contributed by atoms with Gasteiger partial charge in [0.05, 0.1) is 30.8 Å². The number of ether oxygens (including phenoxy) is 1. The molecule has 2 aliphatic rings. The first-order valence-corrected chi connectivity index (χ1v) is 9.91. The Balaban J connectivity index is 1.37. The van der Waals surface area contributed by atoms with Gasteiger partial charge >= 0.3 is 0 Å². The van der Waals surface area contributed by atoms with Crippen molar-refractivity contribution in [2.24, 2.45) is 0 Å². The summed E-state index contributed by atoms with van der Waals surface area (Å²) in [6.45, 7) is 3.52. The molecule has 2 fully saturated rings. The normalized spacial score (nSPS) is 20.1. The molecule has 0 radical (unpaired) electrons. The monoisotopic (exact) mass is 478 g/mol. The van der Waals surface area contributed by atoms with Crippen molar-refractivity contribution in [2.75, 3.05) is 36.9 Å². The summed E-state index contributed by atoms with van der Waals surface area (Å²) in [5.74, 6) is 1.06. The lowest BCUT2D eigenvalue weighted by molar-refractivity contribution is -0.0241. The molecule has 140 valence electrons. The van der Waals surface area contributed by atoms with E-state index >= 15 is 0 Å². The quantitative estimate of drug-likeness (QED) is 0.600. The number of aromatic nitrogens is 4. The van der Waals surface area contributed by atoms with Crippen molar-refractivity contribution in [3.63, 3.8) is 0 Å². The molecule has 1 saturated carbocycles. The van der Waals surface area contributed by atoms with Crippen LogP contribution in [0.15, 0.2) is 18.5 Å². The molecular formula is C17H19IN8O. The van der Waals surface area contributed by atoms with E-state index in [1.165, 1.54) is 25.2 Å². The van der Waals surface area contributed by atoms with Gasteiger partial charge in [0.15, 0.2) is 11.5 Å². The van der Waals surface area contributed by atoms with Crippen LogP contribution in [-0.2, 0) is 4.74 Å². The summed E-state index contributed by atoms with van der Waals surface area (Å²) < 4.78 is 6.68. The molecule has 0 amide bonds. The third-order valence-corrected chi connectivity index (χ3v) is 5.32. The summed E-state index contributed by atoms with van der Waals surface area (Å²) in [6, 6.07) is 4.59. The van der Waals surface area contributed by atoms with Crippen molar-refractivity contribution < 1.29 is 4.74 Å². The van der Waals surface area contributed by atoms with Crippen LogP contribution in [0.1, 0.15) is 18.5 Å². The first-order valence-electron chi connectivity index (χ1n) is 8.83. The van der Waals surface area contributed by atoms with Gasteiger partial charge in [-0.2, -0.15) is 5.26 Å². The van der Waals surface area contributed by atoms with E-state index in [1.807, 2.05) is 12.1 Å². The molecule has 9 nitrogen and oxygen atoms in total. The zero-order chi connectivity index (χ0) is 18.6. The highest BCUT2D eigenvalue weighted by Crippen LogP contribution is 2.28. The number of rotatable bonds is 6. The summed E-state index contributed by atoms with van der Waals surface area (Å²) in [5, 5.41) is 23.6. The van der Waals surface area contributed by atoms with E-state index in [0.29, 0.717) is 11.6 Å². The molecular weight excluding hydrogens is 459 g/mol. The topological polar surface area (TPSA) is 112 Å². The third kappa shape index (κ3) is 4.79. The van der Waals surface area contributed by atoms with Gasteiger partial charge in [0.2, 0.25) is 0 Å². The zero-order valence-corrected chi connectivity index (χ0v) is 16.8. The highest BCUT2D eigenvalue weighted by molar-refractivity contribution is 14.1. The lowest BCUT2D eigenvalue weighted by Crippen LogP contribution is -2.46. The maximum Gasteiger partial charge on any atom is 0.158 e. The van der Waals surface area contributed by atoms with Gasteiger partial charge in [-0.3, -0.25) is 4.90 Å². The Morgan fingerprint density at radius 1 is 1.26 bits per heavy atom. The Bertz CT molecular complexity index is 836. The fraction of sp³-hybridized carbons (Fsp3) is 0.471. The molecule has 27 heavy (non-hydrogen) atoms. The van der Waals surface area contributed by atoms with Gasteiger partial charge in [-0.25, -0.2) is 9.97 Å². The number of anilines is 3. The average Bonchev–Trinajstić information content (AvgIpc) is 3.55. The maximum atomic E-state index is 8.78. The summed E-state index contributed by atoms with van der Waals surface area (Å²) in [6.07, 6.45) is 5.71. The molecule has 0 bridgehead atoms. The first kappa shape index (κ1) is 18.3. The highest BCUT2D eigenvalue weighted by atomic mass is 127. The van der Waals surface area contributed by atoms with Crippen LogP contribution in [-0.4, -0.2) is 63.5 Å². The van der Waals surface area contributed by atoms with Crippen LogP contribution in [0, 0.1) is 15.0 Å². The Labute approximate surface area is 170 Å². The molecule has 1 saturated heterocycles. The van der Waals surface area contributed by atoms with E-state index in [2.05, 4.69) is 58.3 Å². The van der Waals surface area contributed by atoms with E-state index in [1.54, 1.807) is 0 Å². The highest BCUT2D eigenvalue weighted by Gasteiger charge is 2.32. The standard InChI is InChI=1S/C17H19IN8O/c18-17-14(21-8-13-10-26(3-4-27-13)12-1-2-12)5-15(24-25-17)23-16-9-20-11(6-19)7-22-16/h5,7,9,12-13H,1-4,8,10H2,(H2,21,22,23,24)/t13-/m1/s1. The molecule has 3 heterocycles. The summed E-state index contributed by atoms with van der Waals surface area (Å²) >= 11 is 2.16. The van der Waals surface area contributed by atoms with E-state index in [0.717, 1.165) is 41.7 Å². The second kappa shape index (κ2) is 8.28. The van der Waals surface area contributed by atoms with Crippen LogP contribution >= 0.6 is 22.6 Å². The van der Waals surface area contributed by atoms with Crippen molar-refractivity contribution in [3.8, 4) is 6.07 Å². The smallest absolute Gasteiger partial charge is 0.158 e. The number of morpholine rings is 1. The van der Waals surface area contributed by atoms with E-state index in [9.17, 15) is 0 Å². The van der Waals surface area contributed by atoms with Gasteiger partial charge < -0.3 is 15.4 Å². The van der Waals surface area contributed by atoms with Crippen molar-refractivity contribution >= 4 is 39.9 Å². The van der Waals surface area contributed by atoms with Crippen molar-refractivity contribution in [2.45, 2.75) is 25.0 Å². The third-order valence-electron chi connectivity index (χ3n) is 4.53. The van der Waals surface area contributed by atoms with Crippen LogP contribution in [0.4, 0.5) is 17.3 Å². The molecule has 0 spiro atoms. The second-order valence-electron chi connectivity index (χ2n) is 6.56. The molecule has 1 aliphatic carbocycles. The fourth-order valence-corrected chi connectivity index (χ4v) is 3.46. The average molecular weight is 478 g/mol. The van der Waals surface area contributed by atoms with Gasteiger partial charge in [0.25, 0.3) is 0 Å². The number of nitriles is 1. The van der Waals surface area contributed by atoms with E-state index in [4.69, 9.17) is 10.00 Å². The molecule has 1 aliphatic heterocycles. The molecule has 2 aromatic rings. The fourth-order valence-electron chi connectivity index (χ4n) is 3.00. The van der Waals surface area contributed by atoms with Gasteiger partial charge in [-0.1, -0.05) is 0 Å². The number of nitrogens with one attached hydrogen (secondary N) is 2. The van der Waals surface area contributed by atoms with Crippen LogP contribution in [0.5, 0.6) is 0 Å². The van der Waals surface area contributed by atoms with Gasteiger partial charge in [0, 0.05) is 31.7 Å². The largest absolute Gasteiger partial charge is 0.380 e. The van der Waals surface area contributed by atoms with Crippen LogP contribution < -0.4 is 10.6 Å². The lowest BCUT2D eigenvalue weighted by Gasteiger charge is -2.33. The Morgan fingerprint density at radius 2 is 2.15 bits per heavy atom. The summed E-state index contributed by atoms with van der Waals surface area (Å²) in [5.41, 5.74) is 1.16. The first-order chi connectivity index (χ1) is 13.2. The predicted molar refractivity (Wildman–Crippen MR) is 108 cm³/mol.